The highest BCUT2D eigenvalue weighted by Crippen LogP contribution is 2.22. The van der Waals surface area contributed by atoms with Crippen LogP contribution in [0.5, 0.6) is 0 Å². The largest absolute Gasteiger partial charge is 0.502 e. The molecule has 0 aliphatic carbocycles. The van der Waals surface area contributed by atoms with Crippen molar-refractivity contribution in [1.29, 1.82) is 0 Å². The highest BCUT2D eigenvalue weighted by atomic mass is 32.1. The minimum absolute atomic E-state index is 0.0488. The number of aliphatic hydroxyl groups is 1. The molecule has 0 aliphatic rings. The molecule has 0 spiro atoms. The van der Waals surface area contributed by atoms with Gasteiger partial charge in [-0.15, -0.1) is 0 Å². The lowest BCUT2D eigenvalue weighted by Crippen LogP contribution is -2.38. The van der Waals surface area contributed by atoms with Gasteiger partial charge in [0.1, 0.15) is 0 Å². The number of non-ortho nitro benzene ring substituents is 1. The van der Waals surface area contributed by atoms with Gasteiger partial charge in [0.2, 0.25) is 0 Å². The monoisotopic (exact) mass is 420 g/mol. The van der Waals surface area contributed by atoms with E-state index in [4.69, 9.17) is 12.2 Å². The summed E-state index contributed by atoms with van der Waals surface area (Å²) >= 11 is 5.65. The van der Waals surface area contributed by atoms with Crippen molar-refractivity contribution in [3.05, 3.63) is 99.4 Å². The second-order valence-corrected chi connectivity index (χ2v) is 7.53. The number of thiocarbonyl (C=S) groups is 1. The Morgan fingerprint density at radius 2 is 1.67 bits per heavy atom. The number of nitro groups is 1. The first kappa shape index (κ1) is 21.1. The second-order valence-electron chi connectivity index (χ2n) is 7.12. The van der Waals surface area contributed by atoms with E-state index >= 15 is 0 Å². The number of anilines is 1. The van der Waals surface area contributed by atoms with Gasteiger partial charge < -0.3 is 10.4 Å². The molecular weight excluding hydrogens is 398 g/mol. The molecule has 0 aliphatic heterocycles. The third-order valence-corrected chi connectivity index (χ3v) is 4.77. The van der Waals surface area contributed by atoms with E-state index in [-0.39, 0.29) is 11.4 Å². The van der Waals surface area contributed by atoms with Crippen LogP contribution >= 0.6 is 12.2 Å². The highest BCUT2D eigenvalue weighted by molar-refractivity contribution is 7.81. The van der Waals surface area contributed by atoms with E-state index in [9.17, 15) is 15.2 Å². The van der Waals surface area contributed by atoms with Crippen molar-refractivity contribution >= 4 is 40.0 Å². The van der Waals surface area contributed by atoms with Crippen molar-refractivity contribution in [1.82, 2.24) is 0 Å². The van der Waals surface area contributed by atoms with Gasteiger partial charge in [-0.3, -0.25) is 10.1 Å². The quantitative estimate of drug-likeness (QED) is 0.149. The van der Waals surface area contributed by atoms with Gasteiger partial charge in [-0.1, -0.05) is 18.3 Å². The second kappa shape index (κ2) is 8.84. The van der Waals surface area contributed by atoms with E-state index in [2.05, 4.69) is 11.4 Å². The molecule has 0 radical (unpaired) electrons. The molecule has 0 unspecified atom stereocenters. The first-order chi connectivity index (χ1) is 14.2. The molecule has 1 heterocycles. The van der Waals surface area contributed by atoms with Crippen LogP contribution < -0.4 is 9.88 Å². The molecule has 30 heavy (non-hydrogen) atoms. The number of aromatic nitrogens is 1. The van der Waals surface area contributed by atoms with Crippen molar-refractivity contribution < 1.29 is 14.6 Å². The molecule has 1 aromatic heterocycles. The molecular formula is C23H22N3O3S+. The molecule has 6 nitrogen and oxygen atoms in total. The van der Waals surface area contributed by atoms with E-state index < -0.39 is 4.92 Å². The van der Waals surface area contributed by atoms with Crippen molar-refractivity contribution in [2.45, 2.75) is 20.8 Å². The van der Waals surface area contributed by atoms with E-state index in [1.54, 1.807) is 10.8 Å². The van der Waals surface area contributed by atoms with Gasteiger partial charge >= 0.3 is 0 Å². The molecule has 0 fully saturated rings. The number of aliphatic hydroxyl groups excluding tert-OH is 1. The van der Waals surface area contributed by atoms with E-state index in [0.717, 1.165) is 22.4 Å². The van der Waals surface area contributed by atoms with Crippen molar-refractivity contribution in [3.63, 3.8) is 0 Å². The van der Waals surface area contributed by atoms with Gasteiger partial charge in [-0.2, -0.15) is 4.57 Å². The Labute approximate surface area is 180 Å². The summed E-state index contributed by atoms with van der Waals surface area (Å²) in [4.78, 5) is 10.8. The lowest BCUT2D eigenvalue weighted by Gasteiger charge is -2.11. The molecule has 2 N–H and O–H groups in total. The number of rotatable bonds is 5. The highest BCUT2D eigenvalue weighted by Gasteiger charge is 2.24. The van der Waals surface area contributed by atoms with Gasteiger partial charge in [0.05, 0.1) is 4.92 Å². The normalized spacial score (nSPS) is 11.6. The summed E-state index contributed by atoms with van der Waals surface area (Å²) in [5.74, 6) is -0.0811. The summed E-state index contributed by atoms with van der Waals surface area (Å²) in [5, 5.41) is 25.2. The molecule has 7 heteroatoms. The fourth-order valence-electron chi connectivity index (χ4n) is 3.19. The summed E-state index contributed by atoms with van der Waals surface area (Å²) in [7, 11) is 0. The summed E-state index contributed by atoms with van der Waals surface area (Å²) < 4.78 is 1.74. The number of nitrogens with zero attached hydrogens (tertiary/aromatic N) is 2. The molecule has 0 atom stereocenters. The van der Waals surface area contributed by atoms with E-state index in [0.29, 0.717) is 16.2 Å². The van der Waals surface area contributed by atoms with E-state index in [1.807, 2.05) is 51.2 Å². The number of benzene rings is 2. The molecule has 0 amide bonds. The maximum absolute atomic E-state index is 11.1. The summed E-state index contributed by atoms with van der Waals surface area (Å²) in [6.45, 7) is 5.95. The summed E-state index contributed by atoms with van der Waals surface area (Å²) in [5.41, 5.74) is 4.74. The van der Waals surface area contributed by atoms with Crippen LogP contribution in [0, 0.1) is 30.9 Å². The lowest BCUT2D eigenvalue weighted by atomic mass is 10.1. The Hall–Kier alpha value is -3.58. The lowest BCUT2D eigenvalue weighted by molar-refractivity contribution is -0.576. The molecule has 3 aromatic rings. The Kier molecular flexibility index (Phi) is 6.23. The van der Waals surface area contributed by atoms with Crippen molar-refractivity contribution in [3.8, 4) is 0 Å². The number of hydrogen-bond acceptors (Lipinski definition) is 4. The maximum Gasteiger partial charge on any atom is 0.288 e. The average molecular weight is 421 g/mol. The average Bonchev–Trinajstić information content (AvgIpc) is 2.67. The topological polar surface area (TPSA) is 79.3 Å². The summed E-state index contributed by atoms with van der Waals surface area (Å²) in [6.07, 6.45) is 3.64. The molecule has 0 saturated heterocycles. The number of aryl methyl sites for hydroxylation is 3. The van der Waals surface area contributed by atoms with Crippen LogP contribution in [0.4, 0.5) is 11.4 Å². The smallest absolute Gasteiger partial charge is 0.288 e. The van der Waals surface area contributed by atoms with Gasteiger partial charge in [-0.25, -0.2) is 0 Å². The first-order valence-electron chi connectivity index (χ1n) is 9.30. The Morgan fingerprint density at radius 1 is 1.03 bits per heavy atom. The van der Waals surface area contributed by atoms with Gasteiger partial charge in [0.15, 0.2) is 23.1 Å². The van der Waals surface area contributed by atoms with Crippen LogP contribution in [0.15, 0.2) is 67.0 Å². The van der Waals surface area contributed by atoms with Gasteiger partial charge in [-0.05, 0) is 62.2 Å². The minimum atomic E-state index is -0.479. The number of nitrogens with one attached hydrogen (secondary N) is 1. The van der Waals surface area contributed by atoms with Crippen LogP contribution in [0.2, 0.25) is 0 Å². The van der Waals surface area contributed by atoms with Crippen LogP contribution in [-0.4, -0.2) is 15.0 Å². The van der Waals surface area contributed by atoms with Crippen molar-refractivity contribution in [2.75, 3.05) is 5.32 Å². The number of nitro benzene ring substituents is 1. The molecule has 2 aromatic carbocycles. The molecule has 3 rings (SSSR count). The minimum Gasteiger partial charge on any atom is -0.502 e. The van der Waals surface area contributed by atoms with Crippen LogP contribution in [0.3, 0.4) is 0 Å². The van der Waals surface area contributed by atoms with Crippen molar-refractivity contribution in [2.24, 2.45) is 0 Å². The Morgan fingerprint density at radius 3 is 2.23 bits per heavy atom. The standard InChI is InChI=1S/C23H21N3O3S/c1-15-5-4-10-25(14-15)21(22(27)18-6-8-20(9-7-18)26(28)29)23(30)24-19-12-16(2)11-17(3)13-19/h4-14H,1-3H3,(H-,24,27,30)/p+1. The Bertz CT molecular complexity index is 1130. The SMILES string of the molecule is Cc1cc(C)cc(NC(=S)C(=C(O)c2ccc([N+](=O)[O-])cc2)[n+]2cccc(C)c2)c1. The molecule has 152 valence electrons. The predicted molar refractivity (Wildman–Crippen MR) is 122 cm³/mol. The van der Waals surface area contributed by atoms with Gasteiger partial charge in [0.25, 0.3) is 11.4 Å². The zero-order chi connectivity index (χ0) is 21.8. The zero-order valence-electron chi connectivity index (χ0n) is 16.9. The third kappa shape index (κ3) is 4.87. The maximum atomic E-state index is 11.1. The fraction of sp³-hybridized carbons (Fsp3) is 0.130. The molecule has 0 bridgehead atoms. The summed E-state index contributed by atoms with van der Waals surface area (Å²) in [6, 6.07) is 15.5. The van der Waals surface area contributed by atoms with Gasteiger partial charge in [0, 0.05) is 35.0 Å². The van der Waals surface area contributed by atoms with Crippen LogP contribution in [0.1, 0.15) is 22.3 Å². The third-order valence-electron chi connectivity index (χ3n) is 4.48. The number of hydrogen-bond donors (Lipinski definition) is 2. The van der Waals surface area contributed by atoms with E-state index in [1.165, 1.54) is 24.3 Å². The Balaban J connectivity index is 2.08. The van der Waals surface area contributed by atoms with Crippen LogP contribution in [0.25, 0.3) is 11.5 Å². The predicted octanol–water partition coefficient (Wildman–Crippen LogP) is 5.13. The zero-order valence-corrected chi connectivity index (χ0v) is 17.7. The molecule has 0 saturated carbocycles. The fourth-order valence-corrected chi connectivity index (χ4v) is 3.51. The number of pyridine rings is 1. The van der Waals surface area contributed by atoms with Crippen LogP contribution in [-0.2, 0) is 0 Å². The first-order valence-corrected chi connectivity index (χ1v) is 9.71.